The van der Waals surface area contributed by atoms with Crippen LogP contribution in [-0.2, 0) is 10.0 Å². The van der Waals surface area contributed by atoms with Crippen molar-refractivity contribution in [1.29, 1.82) is 0 Å². The third-order valence-electron chi connectivity index (χ3n) is 4.42. The van der Waals surface area contributed by atoms with E-state index in [0.717, 1.165) is 10.9 Å². The number of halogens is 1. The molecule has 0 aliphatic carbocycles. The van der Waals surface area contributed by atoms with Gasteiger partial charge in [-0.3, -0.25) is 4.98 Å². The van der Waals surface area contributed by atoms with Gasteiger partial charge in [-0.15, -0.1) is 0 Å². The monoisotopic (exact) mass is 388 g/mol. The van der Waals surface area contributed by atoms with Gasteiger partial charge in [-0.25, -0.2) is 18.1 Å². The molecule has 3 heterocycles. The van der Waals surface area contributed by atoms with Crippen LogP contribution in [0.4, 0.5) is 5.82 Å². The summed E-state index contributed by atoms with van der Waals surface area (Å²) in [5.74, 6) is 0.684. The maximum atomic E-state index is 12.7. The normalized spacial score (nSPS) is 17.7. The third kappa shape index (κ3) is 3.38. The van der Waals surface area contributed by atoms with Gasteiger partial charge >= 0.3 is 0 Å². The van der Waals surface area contributed by atoms with Crippen LogP contribution in [0.5, 0.6) is 0 Å². The number of benzene rings is 1. The summed E-state index contributed by atoms with van der Waals surface area (Å²) in [4.78, 5) is 10.7. The Morgan fingerprint density at radius 3 is 2.85 bits per heavy atom. The summed E-state index contributed by atoms with van der Waals surface area (Å²) in [5.41, 5.74) is 0.767. The topological polar surface area (TPSA) is 75.2 Å². The Kier molecular flexibility index (Phi) is 4.52. The fourth-order valence-corrected chi connectivity index (χ4v) is 4.63. The van der Waals surface area contributed by atoms with Gasteiger partial charge in [0.25, 0.3) is 0 Å². The average molecular weight is 389 g/mol. The fourth-order valence-electron chi connectivity index (χ4n) is 3.14. The van der Waals surface area contributed by atoms with E-state index in [9.17, 15) is 8.42 Å². The van der Waals surface area contributed by atoms with Crippen LogP contribution in [0.15, 0.2) is 59.8 Å². The molecule has 0 bridgehead atoms. The molecule has 1 aliphatic heterocycles. The highest BCUT2D eigenvalue weighted by molar-refractivity contribution is 7.89. The van der Waals surface area contributed by atoms with Crippen molar-refractivity contribution in [3.8, 4) is 0 Å². The lowest BCUT2D eigenvalue weighted by molar-refractivity contribution is 0.561. The lowest BCUT2D eigenvalue weighted by Crippen LogP contribution is -2.37. The Labute approximate surface area is 156 Å². The molecule has 8 heteroatoms. The number of hydrogen-bond donors (Lipinski definition) is 1. The summed E-state index contributed by atoms with van der Waals surface area (Å²) in [7, 11) is -3.64. The highest BCUT2D eigenvalue weighted by atomic mass is 35.5. The Morgan fingerprint density at radius 1 is 1.15 bits per heavy atom. The van der Waals surface area contributed by atoms with Crippen molar-refractivity contribution in [1.82, 2.24) is 14.7 Å². The van der Waals surface area contributed by atoms with Gasteiger partial charge in [0.15, 0.2) is 0 Å². The summed E-state index contributed by atoms with van der Waals surface area (Å²) < 4.78 is 28.2. The van der Waals surface area contributed by atoms with Gasteiger partial charge in [-0.1, -0.05) is 29.8 Å². The van der Waals surface area contributed by atoms with Crippen molar-refractivity contribution in [2.24, 2.45) is 0 Å². The largest absolute Gasteiger partial charge is 0.354 e. The molecule has 26 heavy (non-hydrogen) atoms. The molecule has 134 valence electrons. The van der Waals surface area contributed by atoms with Crippen LogP contribution in [0.2, 0.25) is 5.02 Å². The minimum atomic E-state index is -3.64. The zero-order valence-corrected chi connectivity index (χ0v) is 15.4. The number of fused-ring (bicyclic) bond motifs is 1. The molecule has 1 fully saturated rings. The molecule has 0 amide bonds. The lowest BCUT2D eigenvalue weighted by Gasteiger charge is -2.19. The van der Waals surface area contributed by atoms with Crippen LogP contribution in [0.3, 0.4) is 0 Å². The van der Waals surface area contributed by atoms with Gasteiger partial charge in [-0.05, 0) is 30.7 Å². The van der Waals surface area contributed by atoms with Crippen molar-refractivity contribution in [3.05, 3.63) is 59.9 Å². The van der Waals surface area contributed by atoms with E-state index in [4.69, 9.17) is 11.6 Å². The van der Waals surface area contributed by atoms with Gasteiger partial charge in [0.05, 0.1) is 10.5 Å². The number of hydrogen-bond acceptors (Lipinski definition) is 5. The Balaban J connectivity index is 1.52. The van der Waals surface area contributed by atoms with E-state index in [0.29, 0.717) is 30.4 Å². The minimum absolute atomic E-state index is 0.172. The first-order chi connectivity index (χ1) is 12.5. The summed E-state index contributed by atoms with van der Waals surface area (Å²) in [6, 6.07) is 12.4. The number of rotatable bonds is 4. The lowest BCUT2D eigenvalue weighted by atomic mass is 10.2. The van der Waals surface area contributed by atoms with Crippen LogP contribution in [0.25, 0.3) is 10.9 Å². The average Bonchev–Trinajstić information content (AvgIpc) is 3.09. The molecular formula is C18H17ClN4O2S. The molecule has 1 N–H and O–H groups in total. The standard InChI is InChI=1S/C18H17ClN4O2S/c19-16-5-3-8-20-18(16)23-9-7-14(12-23)22-26(24,25)15-10-13-4-1-2-6-17(13)21-11-15/h1-6,8,10-11,14,22H,7,9,12H2. The van der Waals surface area contributed by atoms with E-state index in [1.807, 2.05) is 29.2 Å². The number of aromatic nitrogens is 2. The number of pyridine rings is 2. The van der Waals surface area contributed by atoms with Crippen LogP contribution >= 0.6 is 11.6 Å². The highest BCUT2D eigenvalue weighted by Crippen LogP contribution is 2.26. The van der Waals surface area contributed by atoms with Gasteiger partial charge < -0.3 is 4.90 Å². The Morgan fingerprint density at radius 2 is 2.00 bits per heavy atom. The molecule has 1 saturated heterocycles. The molecule has 1 unspecified atom stereocenters. The zero-order chi connectivity index (χ0) is 18.1. The summed E-state index contributed by atoms with van der Waals surface area (Å²) in [6.07, 6.45) is 3.76. The molecule has 6 nitrogen and oxygen atoms in total. The Bertz CT molecular complexity index is 1060. The highest BCUT2D eigenvalue weighted by Gasteiger charge is 2.29. The minimum Gasteiger partial charge on any atom is -0.354 e. The van der Waals surface area contributed by atoms with E-state index in [-0.39, 0.29) is 10.9 Å². The van der Waals surface area contributed by atoms with Crippen molar-refractivity contribution < 1.29 is 8.42 Å². The van der Waals surface area contributed by atoms with Crippen molar-refractivity contribution in [2.75, 3.05) is 18.0 Å². The van der Waals surface area contributed by atoms with Gasteiger partial charge in [0.2, 0.25) is 10.0 Å². The first kappa shape index (κ1) is 17.2. The maximum absolute atomic E-state index is 12.7. The SMILES string of the molecule is O=S(=O)(NC1CCN(c2ncccc2Cl)C1)c1cnc2ccccc2c1. The number of sulfonamides is 1. The van der Waals surface area contributed by atoms with E-state index in [1.54, 1.807) is 24.4 Å². The van der Waals surface area contributed by atoms with Crippen LogP contribution < -0.4 is 9.62 Å². The van der Waals surface area contributed by atoms with E-state index >= 15 is 0 Å². The molecule has 2 aromatic heterocycles. The second-order valence-electron chi connectivity index (χ2n) is 6.23. The number of anilines is 1. The first-order valence-electron chi connectivity index (χ1n) is 8.25. The second-order valence-corrected chi connectivity index (χ2v) is 8.35. The molecule has 0 spiro atoms. The van der Waals surface area contributed by atoms with Crippen LogP contribution in [-0.4, -0.2) is 37.5 Å². The van der Waals surface area contributed by atoms with Gasteiger partial charge in [0, 0.05) is 36.9 Å². The van der Waals surface area contributed by atoms with Gasteiger partial charge in [0.1, 0.15) is 10.7 Å². The molecule has 4 rings (SSSR count). The predicted molar refractivity (Wildman–Crippen MR) is 102 cm³/mol. The number of nitrogens with zero attached hydrogens (tertiary/aromatic N) is 3. The second kappa shape index (κ2) is 6.83. The van der Waals surface area contributed by atoms with Crippen LogP contribution in [0, 0.1) is 0 Å². The fraction of sp³-hybridized carbons (Fsp3) is 0.222. The predicted octanol–water partition coefficient (Wildman–Crippen LogP) is 2.84. The van der Waals surface area contributed by atoms with E-state index < -0.39 is 10.0 Å². The molecule has 0 saturated carbocycles. The van der Waals surface area contributed by atoms with Crippen molar-refractivity contribution in [3.63, 3.8) is 0 Å². The summed E-state index contributed by atoms with van der Waals surface area (Å²) in [6.45, 7) is 1.22. The Hall–Kier alpha value is -2.22. The number of nitrogens with one attached hydrogen (secondary N) is 1. The van der Waals surface area contributed by atoms with Gasteiger partial charge in [-0.2, -0.15) is 0 Å². The molecular weight excluding hydrogens is 372 g/mol. The zero-order valence-electron chi connectivity index (χ0n) is 13.8. The molecule has 1 atom stereocenters. The first-order valence-corrected chi connectivity index (χ1v) is 10.1. The maximum Gasteiger partial charge on any atom is 0.242 e. The van der Waals surface area contributed by atoms with E-state index in [1.165, 1.54) is 6.20 Å². The number of para-hydroxylation sites is 1. The van der Waals surface area contributed by atoms with Crippen LogP contribution in [0.1, 0.15) is 6.42 Å². The molecule has 1 aromatic carbocycles. The molecule has 3 aromatic rings. The summed E-state index contributed by atoms with van der Waals surface area (Å²) in [5, 5.41) is 1.36. The molecule has 0 radical (unpaired) electrons. The smallest absolute Gasteiger partial charge is 0.242 e. The third-order valence-corrected chi connectivity index (χ3v) is 6.21. The molecule has 1 aliphatic rings. The quantitative estimate of drug-likeness (QED) is 0.743. The van der Waals surface area contributed by atoms with E-state index in [2.05, 4.69) is 14.7 Å². The van der Waals surface area contributed by atoms with Crippen molar-refractivity contribution >= 4 is 38.3 Å². The summed E-state index contributed by atoms with van der Waals surface area (Å²) >= 11 is 6.19. The van der Waals surface area contributed by atoms with Crippen molar-refractivity contribution in [2.45, 2.75) is 17.4 Å².